The van der Waals surface area contributed by atoms with Crippen LogP contribution in [0.25, 0.3) is 5.57 Å². The Balaban J connectivity index is 2.62. The fourth-order valence-electron chi connectivity index (χ4n) is 1.06. The van der Waals surface area contributed by atoms with Crippen LogP contribution < -0.4 is 0 Å². The van der Waals surface area contributed by atoms with Gasteiger partial charge in [0.25, 0.3) is 0 Å². The van der Waals surface area contributed by atoms with Crippen molar-refractivity contribution in [3.63, 3.8) is 0 Å². The summed E-state index contributed by atoms with van der Waals surface area (Å²) >= 11 is 0. The van der Waals surface area contributed by atoms with Crippen LogP contribution in [0.1, 0.15) is 12.5 Å². The van der Waals surface area contributed by atoms with Crippen molar-refractivity contribution in [3.8, 4) is 0 Å². The molecule has 0 aliphatic carbocycles. The number of allylic oxidation sites excluding steroid dienone is 1. The second-order valence-electron chi connectivity index (χ2n) is 2.75. The monoisotopic (exact) mass is 174 g/mol. The van der Waals surface area contributed by atoms with E-state index in [-0.39, 0.29) is 0 Å². The van der Waals surface area contributed by atoms with Gasteiger partial charge in [0, 0.05) is 0 Å². The van der Waals surface area contributed by atoms with Crippen molar-refractivity contribution < 1.29 is 4.74 Å². The van der Waals surface area contributed by atoms with E-state index < -0.39 is 0 Å². The number of benzene rings is 1. The van der Waals surface area contributed by atoms with Gasteiger partial charge in [-0.2, -0.15) is 0 Å². The Bertz CT molecular complexity index is 285. The summed E-state index contributed by atoms with van der Waals surface area (Å²) in [6.07, 6.45) is 3.49. The maximum Gasteiger partial charge on any atom is 0.106 e. The van der Waals surface area contributed by atoms with Gasteiger partial charge >= 0.3 is 0 Å². The molecule has 0 bridgehead atoms. The first-order chi connectivity index (χ1) is 6.34. The van der Waals surface area contributed by atoms with E-state index in [0.717, 1.165) is 0 Å². The topological polar surface area (TPSA) is 9.23 Å². The van der Waals surface area contributed by atoms with Crippen molar-refractivity contribution in [2.24, 2.45) is 0 Å². The maximum absolute atomic E-state index is 5.01. The summed E-state index contributed by atoms with van der Waals surface area (Å²) in [5, 5.41) is 0. The number of hydrogen-bond donors (Lipinski definition) is 0. The van der Waals surface area contributed by atoms with Crippen LogP contribution in [0.2, 0.25) is 0 Å². The van der Waals surface area contributed by atoms with E-state index in [1.54, 1.807) is 0 Å². The van der Waals surface area contributed by atoms with Crippen molar-refractivity contribution in [3.05, 3.63) is 54.8 Å². The van der Waals surface area contributed by atoms with Crippen LogP contribution in [0.15, 0.2) is 49.2 Å². The van der Waals surface area contributed by atoms with Crippen molar-refractivity contribution in [2.75, 3.05) is 6.61 Å². The largest absolute Gasteiger partial charge is 0.498 e. The predicted octanol–water partition coefficient (Wildman–Crippen LogP) is 3.25. The van der Waals surface area contributed by atoms with Gasteiger partial charge in [-0.05, 0) is 24.1 Å². The van der Waals surface area contributed by atoms with Crippen molar-refractivity contribution in [1.82, 2.24) is 0 Å². The zero-order chi connectivity index (χ0) is 9.52. The summed E-state index contributed by atoms with van der Waals surface area (Å²) in [6, 6.07) is 10.2. The van der Waals surface area contributed by atoms with E-state index in [4.69, 9.17) is 4.74 Å². The summed E-state index contributed by atoms with van der Waals surface area (Å²) in [6.45, 7) is 6.14. The third-order valence-electron chi connectivity index (χ3n) is 1.83. The quantitative estimate of drug-likeness (QED) is 0.503. The van der Waals surface area contributed by atoms with Crippen LogP contribution in [0, 0.1) is 0 Å². The van der Waals surface area contributed by atoms with E-state index in [0.29, 0.717) is 6.61 Å². The van der Waals surface area contributed by atoms with Gasteiger partial charge in [0.05, 0.1) is 6.26 Å². The highest BCUT2D eigenvalue weighted by Gasteiger charge is 1.91. The smallest absolute Gasteiger partial charge is 0.106 e. The molecule has 1 rings (SSSR count). The summed E-state index contributed by atoms with van der Waals surface area (Å²) in [7, 11) is 0. The fraction of sp³-hybridized carbons (Fsp3) is 0.167. The second-order valence-corrected chi connectivity index (χ2v) is 2.75. The van der Waals surface area contributed by atoms with Gasteiger partial charge in [-0.1, -0.05) is 36.9 Å². The highest BCUT2D eigenvalue weighted by atomic mass is 16.5. The zero-order valence-electron chi connectivity index (χ0n) is 7.86. The molecule has 0 saturated heterocycles. The van der Waals surface area contributed by atoms with Crippen LogP contribution >= 0.6 is 0 Å². The van der Waals surface area contributed by atoms with Crippen molar-refractivity contribution in [2.45, 2.75) is 6.92 Å². The first-order valence-corrected chi connectivity index (χ1v) is 4.29. The van der Waals surface area contributed by atoms with Gasteiger partial charge in [0.2, 0.25) is 0 Å². The summed E-state index contributed by atoms with van der Waals surface area (Å²) in [4.78, 5) is 0. The highest BCUT2D eigenvalue weighted by molar-refractivity contribution is 5.63. The average molecular weight is 174 g/mol. The summed E-state index contributed by atoms with van der Waals surface area (Å²) < 4.78 is 5.01. The van der Waals surface area contributed by atoms with Crippen LogP contribution in [0.4, 0.5) is 0 Å². The number of hydrogen-bond acceptors (Lipinski definition) is 1. The standard InChI is InChI=1S/C12H14O/c1-3-13-10-9-11(2)12-7-5-4-6-8-12/h3-9H,1,10H2,2H3/b11-9+. The Hall–Kier alpha value is -1.50. The van der Waals surface area contributed by atoms with Crippen LogP contribution in [-0.4, -0.2) is 6.61 Å². The molecule has 0 spiro atoms. The van der Waals surface area contributed by atoms with Gasteiger partial charge in [0.1, 0.15) is 6.61 Å². The molecule has 0 saturated carbocycles. The lowest BCUT2D eigenvalue weighted by Gasteiger charge is -2.00. The number of ether oxygens (including phenoxy) is 1. The predicted molar refractivity (Wildman–Crippen MR) is 56.2 cm³/mol. The molecular formula is C12H14O. The lowest BCUT2D eigenvalue weighted by molar-refractivity contribution is 0.291. The Labute approximate surface area is 79.4 Å². The zero-order valence-corrected chi connectivity index (χ0v) is 7.86. The lowest BCUT2D eigenvalue weighted by Crippen LogP contribution is -1.84. The SMILES string of the molecule is C=COC/C=C(\C)c1ccccc1. The Morgan fingerprint density at radius 3 is 2.69 bits per heavy atom. The highest BCUT2D eigenvalue weighted by Crippen LogP contribution is 2.11. The van der Waals surface area contributed by atoms with Gasteiger partial charge in [0.15, 0.2) is 0 Å². The van der Waals surface area contributed by atoms with Gasteiger partial charge in [-0.15, -0.1) is 0 Å². The molecule has 0 aromatic heterocycles. The number of rotatable bonds is 4. The van der Waals surface area contributed by atoms with Crippen LogP contribution in [-0.2, 0) is 4.74 Å². The minimum atomic E-state index is 0.588. The molecule has 1 heteroatoms. The lowest BCUT2D eigenvalue weighted by atomic mass is 10.1. The van der Waals surface area contributed by atoms with Crippen molar-refractivity contribution >= 4 is 5.57 Å². The third kappa shape index (κ3) is 3.16. The van der Waals surface area contributed by atoms with Crippen molar-refractivity contribution in [1.29, 1.82) is 0 Å². The van der Waals surface area contributed by atoms with E-state index in [2.05, 4.69) is 25.6 Å². The molecule has 68 valence electrons. The van der Waals surface area contributed by atoms with Crippen LogP contribution in [0.5, 0.6) is 0 Å². The first-order valence-electron chi connectivity index (χ1n) is 4.29. The Morgan fingerprint density at radius 1 is 1.38 bits per heavy atom. The first kappa shape index (κ1) is 9.59. The van der Waals surface area contributed by atoms with Gasteiger partial charge in [-0.25, -0.2) is 0 Å². The second kappa shape index (κ2) is 5.20. The molecule has 0 heterocycles. The van der Waals surface area contributed by atoms with E-state index in [9.17, 15) is 0 Å². The molecule has 0 fully saturated rings. The summed E-state index contributed by atoms with van der Waals surface area (Å²) in [5.41, 5.74) is 2.46. The Morgan fingerprint density at radius 2 is 2.08 bits per heavy atom. The molecule has 0 atom stereocenters. The van der Waals surface area contributed by atoms with Gasteiger partial charge < -0.3 is 4.74 Å². The molecule has 1 aromatic rings. The molecule has 0 unspecified atom stereocenters. The Kier molecular flexibility index (Phi) is 3.83. The molecule has 0 radical (unpaired) electrons. The molecule has 0 amide bonds. The van der Waals surface area contributed by atoms with Gasteiger partial charge in [-0.3, -0.25) is 0 Å². The molecule has 1 nitrogen and oxygen atoms in total. The van der Waals surface area contributed by atoms with E-state index in [1.807, 2.05) is 24.3 Å². The molecule has 1 aromatic carbocycles. The minimum absolute atomic E-state index is 0.588. The molecular weight excluding hydrogens is 160 g/mol. The molecule has 13 heavy (non-hydrogen) atoms. The molecule has 0 aliphatic heterocycles. The molecule has 0 N–H and O–H groups in total. The maximum atomic E-state index is 5.01. The normalized spacial score (nSPS) is 11.0. The van der Waals surface area contributed by atoms with E-state index >= 15 is 0 Å². The molecule has 0 aliphatic rings. The van der Waals surface area contributed by atoms with Crippen LogP contribution in [0.3, 0.4) is 0 Å². The summed E-state index contributed by atoms with van der Waals surface area (Å²) in [5.74, 6) is 0. The fourth-order valence-corrected chi connectivity index (χ4v) is 1.06. The third-order valence-corrected chi connectivity index (χ3v) is 1.83. The minimum Gasteiger partial charge on any atom is -0.498 e. The average Bonchev–Trinajstić information content (AvgIpc) is 2.19. The van der Waals surface area contributed by atoms with E-state index in [1.165, 1.54) is 17.4 Å².